The molecule has 10 rings (SSSR count). The third-order valence-electron chi connectivity index (χ3n) is 11.9. The predicted molar refractivity (Wildman–Crippen MR) is 193 cm³/mol. The van der Waals surface area contributed by atoms with Crippen molar-refractivity contribution in [2.24, 2.45) is 17.3 Å². The molecule has 4 heterocycles. The summed E-state index contributed by atoms with van der Waals surface area (Å²) in [6.07, 6.45) is 9.67. The molecular formula is C39H40N6O4S. The fraction of sp³-hybridized carbons (Fsp3) is 0.410. The lowest BCUT2D eigenvalue weighted by Gasteiger charge is -2.61. The second-order valence-corrected chi connectivity index (χ2v) is 16.1. The number of nitrogens with zero attached hydrogens (tertiary/aromatic N) is 5. The number of aromatic carboxylic acids is 1. The first kappa shape index (κ1) is 31.4. The average Bonchev–Trinajstić information content (AvgIpc) is 3.68. The number of thiazole rings is 1. The van der Waals surface area contributed by atoms with Crippen LogP contribution in [0.3, 0.4) is 0 Å². The molecule has 0 spiro atoms. The number of aromatic nitrogens is 4. The van der Waals surface area contributed by atoms with Gasteiger partial charge in [0.15, 0.2) is 10.8 Å². The lowest BCUT2D eigenvalue weighted by molar-refractivity contribution is -0.184. The molecule has 4 saturated carbocycles. The highest BCUT2D eigenvalue weighted by atomic mass is 32.1. The van der Waals surface area contributed by atoms with Crippen molar-refractivity contribution < 1.29 is 19.4 Å². The Hall–Kier alpha value is -4.61. The van der Waals surface area contributed by atoms with E-state index in [9.17, 15) is 14.7 Å². The number of benzene rings is 2. The Kier molecular flexibility index (Phi) is 7.36. The van der Waals surface area contributed by atoms with E-state index in [0.29, 0.717) is 53.4 Å². The molecule has 3 aromatic heterocycles. The first-order valence-electron chi connectivity index (χ1n) is 17.6. The van der Waals surface area contributed by atoms with Crippen molar-refractivity contribution in [1.82, 2.24) is 19.7 Å². The Morgan fingerprint density at radius 2 is 1.84 bits per heavy atom. The van der Waals surface area contributed by atoms with Gasteiger partial charge in [0, 0.05) is 49.1 Å². The van der Waals surface area contributed by atoms with Gasteiger partial charge in [-0.3, -0.25) is 14.8 Å². The van der Waals surface area contributed by atoms with Gasteiger partial charge in [0.1, 0.15) is 5.82 Å². The van der Waals surface area contributed by atoms with E-state index >= 15 is 0 Å². The van der Waals surface area contributed by atoms with Crippen molar-refractivity contribution in [3.63, 3.8) is 0 Å². The van der Waals surface area contributed by atoms with E-state index in [0.717, 1.165) is 45.6 Å². The molecule has 11 heteroatoms. The van der Waals surface area contributed by atoms with Crippen LogP contribution in [0.4, 0.5) is 10.9 Å². The van der Waals surface area contributed by atoms with Gasteiger partial charge in [-0.2, -0.15) is 5.10 Å². The van der Waals surface area contributed by atoms with Crippen LogP contribution >= 0.6 is 11.3 Å². The molecule has 1 aliphatic heterocycles. The molecule has 5 aromatic rings. The number of nitrogens with one attached hydrogen (secondary N) is 1. The number of hydrogen-bond donors (Lipinski definition) is 2. The molecule has 0 radical (unpaired) electrons. The van der Waals surface area contributed by atoms with E-state index < -0.39 is 5.97 Å². The average molecular weight is 689 g/mol. The van der Waals surface area contributed by atoms with Crippen LogP contribution in [0, 0.1) is 24.2 Å². The van der Waals surface area contributed by atoms with Crippen LogP contribution in [0.1, 0.15) is 76.2 Å². The fourth-order valence-corrected chi connectivity index (χ4v) is 10.9. The smallest absolute Gasteiger partial charge is 0.355 e. The van der Waals surface area contributed by atoms with Crippen molar-refractivity contribution >= 4 is 44.4 Å². The van der Waals surface area contributed by atoms with Crippen LogP contribution in [0.5, 0.6) is 0 Å². The Labute approximate surface area is 294 Å². The number of hydrogen-bond acceptors (Lipinski definition) is 8. The van der Waals surface area contributed by atoms with Gasteiger partial charge in [0.25, 0.3) is 5.91 Å². The van der Waals surface area contributed by atoms with E-state index in [2.05, 4.69) is 25.9 Å². The molecule has 1 amide bonds. The Morgan fingerprint density at radius 3 is 2.62 bits per heavy atom. The summed E-state index contributed by atoms with van der Waals surface area (Å²) in [4.78, 5) is 37.6. The molecule has 50 heavy (non-hydrogen) atoms. The highest BCUT2D eigenvalue weighted by Gasteiger charge is 2.58. The van der Waals surface area contributed by atoms with E-state index in [4.69, 9.17) is 14.8 Å². The number of amides is 1. The topological polar surface area (TPSA) is 122 Å². The van der Waals surface area contributed by atoms with Crippen molar-refractivity contribution in [1.29, 1.82) is 0 Å². The van der Waals surface area contributed by atoms with E-state index in [1.807, 2.05) is 62.6 Å². The van der Waals surface area contributed by atoms with Crippen LogP contribution in [0.2, 0.25) is 0 Å². The Morgan fingerprint density at radius 1 is 1.02 bits per heavy atom. The summed E-state index contributed by atoms with van der Waals surface area (Å²) in [6, 6.07) is 17.4. The first-order valence-corrected chi connectivity index (χ1v) is 18.4. The van der Waals surface area contributed by atoms with Crippen molar-refractivity contribution in [3.05, 3.63) is 88.9 Å². The largest absolute Gasteiger partial charge is 0.476 e. The van der Waals surface area contributed by atoms with Crippen molar-refractivity contribution in [3.8, 4) is 11.1 Å². The molecule has 256 valence electrons. The molecule has 2 N–H and O–H groups in total. The Balaban J connectivity index is 0.969. The molecule has 5 aliphatic rings. The van der Waals surface area contributed by atoms with E-state index in [1.54, 1.807) is 6.20 Å². The molecule has 4 fully saturated rings. The number of ether oxygens (including phenoxy) is 1. The van der Waals surface area contributed by atoms with Crippen LogP contribution in [0.15, 0.2) is 60.8 Å². The van der Waals surface area contributed by atoms with Crippen LogP contribution in [-0.4, -0.2) is 56.0 Å². The zero-order chi connectivity index (χ0) is 34.2. The van der Waals surface area contributed by atoms with Gasteiger partial charge >= 0.3 is 5.97 Å². The van der Waals surface area contributed by atoms with Crippen molar-refractivity contribution in [2.75, 3.05) is 23.9 Å². The number of carbonyl (C=O) groups excluding carboxylic acids is 1. The quantitative estimate of drug-likeness (QED) is 0.173. The number of carboxylic acids is 1. The minimum absolute atomic E-state index is 0.000138. The highest BCUT2D eigenvalue weighted by Crippen LogP contribution is 2.63. The van der Waals surface area contributed by atoms with E-state index in [1.165, 1.54) is 43.4 Å². The molecule has 10 nitrogen and oxygen atoms in total. The maximum absolute atomic E-state index is 13.5. The van der Waals surface area contributed by atoms with Crippen LogP contribution in [0.25, 0.3) is 21.3 Å². The number of anilines is 2. The summed E-state index contributed by atoms with van der Waals surface area (Å²) in [6.45, 7) is 3.96. The summed E-state index contributed by atoms with van der Waals surface area (Å²) in [5, 5.41) is 18.8. The second kappa shape index (κ2) is 11.7. The maximum Gasteiger partial charge on any atom is 0.355 e. The van der Waals surface area contributed by atoms with Gasteiger partial charge in [0.2, 0.25) is 0 Å². The fourth-order valence-electron chi connectivity index (χ4n) is 10.1. The van der Waals surface area contributed by atoms with Crippen LogP contribution < -0.4 is 10.2 Å². The normalized spacial score (nSPS) is 25.2. The number of methoxy groups -OCH3 is 1. The van der Waals surface area contributed by atoms with Gasteiger partial charge in [-0.1, -0.05) is 35.6 Å². The molecule has 4 bridgehead atoms. The number of fused-ring (bicyclic) bond motifs is 2. The summed E-state index contributed by atoms with van der Waals surface area (Å²) < 4.78 is 9.27. The summed E-state index contributed by atoms with van der Waals surface area (Å²) in [5.74, 6) is 0.711. The summed E-state index contributed by atoms with van der Waals surface area (Å²) >= 11 is 1.45. The van der Waals surface area contributed by atoms with E-state index in [-0.39, 0.29) is 22.6 Å². The van der Waals surface area contributed by atoms with Gasteiger partial charge in [-0.15, -0.1) is 0 Å². The van der Waals surface area contributed by atoms with Gasteiger partial charge in [0.05, 0.1) is 22.0 Å². The number of carbonyl (C=O) groups is 2. The molecule has 2 unspecified atom stereocenters. The maximum atomic E-state index is 13.5. The number of carboxylic acid groups (broad SMARTS) is 1. The SMILES string of the molecule is COC12CC3CC(CC(Cn4ncc(-c5ccc(N6CCc7cccc(C(=O)Nc8nc9ccccc9s8)c7C6)nc5C(=O)O)c4C)(C3)C1)C2. The third kappa shape index (κ3) is 5.29. The standard InChI is InChI=1S/C39H40N6O4S/c1-23-29(19-40-45(23)22-38-15-24-14-25(16-38)18-39(17-24,21-38)49-2)27-10-11-33(42-34(27)36(47)48)44-13-12-26-6-5-7-28(30(26)20-44)35(46)43-37-41-31-8-3-4-9-32(31)50-37/h3-11,19,24-25H,12-18,20-22H2,1-2H3,(H,47,48)(H,41,43,46). The lowest BCUT2D eigenvalue weighted by Crippen LogP contribution is -2.57. The van der Waals surface area contributed by atoms with Gasteiger partial charge < -0.3 is 14.7 Å². The first-order chi connectivity index (χ1) is 24.2. The second-order valence-electron chi connectivity index (χ2n) is 15.1. The summed E-state index contributed by atoms with van der Waals surface area (Å²) in [5.41, 5.74) is 5.95. The molecule has 2 aromatic carbocycles. The third-order valence-corrected chi connectivity index (χ3v) is 12.8. The monoisotopic (exact) mass is 688 g/mol. The number of rotatable bonds is 8. The minimum Gasteiger partial charge on any atom is -0.476 e. The Bertz CT molecular complexity index is 2130. The molecule has 0 saturated heterocycles. The zero-order valence-electron chi connectivity index (χ0n) is 28.3. The lowest BCUT2D eigenvalue weighted by atomic mass is 9.48. The predicted octanol–water partition coefficient (Wildman–Crippen LogP) is 7.36. The summed E-state index contributed by atoms with van der Waals surface area (Å²) in [7, 11) is 1.88. The molecule has 2 atom stereocenters. The number of pyridine rings is 1. The zero-order valence-corrected chi connectivity index (χ0v) is 29.1. The van der Waals surface area contributed by atoms with Gasteiger partial charge in [-0.25, -0.2) is 14.8 Å². The van der Waals surface area contributed by atoms with Crippen LogP contribution in [-0.2, 0) is 24.2 Å². The highest BCUT2D eigenvalue weighted by molar-refractivity contribution is 7.22. The van der Waals surface area contributed by atoms with Gasteiger partial charge in [-0.05, 0) is 111 Å². The molecule has 4 aliphatic carbocycles. The molecular weight excluding hydrogens is 649 g/mol. The van der Waals surface area contributed by atoms with Crippen molar-refractivity contribution in [2.45, 2.75) is 70.6 Å². The number of para-hydroxylation sites is 1. The minimum atomic E-state index is -1.08.